The van der Waals surface area contributed by atoms with Gasteiger partial charge in [-0.25, -0.2) is 4.79 Å². The van der Waals surface area contributed by atoms with E-state index in [4.69, 9.17) is 14.2 Å². The Bertz CT molecular complexity index is 1030. The largest absolute Gasteiger partial charge is 0.485 e. The number of hydrogen-bond donors (Lipinski definition) is 0. The Labute approximate surface area is 162 Å². The minimum atomic E-state index is -0.503. The van der Waals surface area contributed by atoms with E-state index in [0.717, 1.165) is 16.9 Å². The van der Waals surface area contributed by atoms with Crippen LogP contribution in [0, 0.1) is 0 Å². The number of ether oxygens (including phenoxy) is 3. The fraction of sp³-hybridized carbons (Fsp3) is 0.182. The number of rotatable bonds is 2. The van der Waals surface area contributed by atoms with E-state index in [1.54, 1.807) is 38.4 Å². The van der Waals surface area contributed by atoms with Crippen LogP contribution in [-0.2, 0) is 0 Å². The van der Waals surface area contributed by atoms with Gasteiger partial charge in [0.15, 0.2) is 5.76 Å². The van der Waals surface area contributed by atoms with Crippen LogP contribution in [0.2, 0.25) is 0 Å². The maximum Gasteiger partial charge on any atom is 0.414 e. The minimum Gasteiger partial charge on any atom is -0.485 e. The highest BCUT2D eigenvalue weighted by Gasteiger charge is 2.29. The molecule has 0 aromatic heterocycles. The molecule has 6 nitrogen and oxygen atoms in total. The molecule has 0 radical (unpaired) electrons. The summed E-state index contributed by atoms with van der Waals surface area (Å²) in [6.07, 6.45) is 2.98. The first-order valence-corrected chi connectivity index (χ1v) is 8.87. The van der Waals surface area contributed by atoms with Gasteiger partial charge in [-0.1, -0.05) is 18.2 Å². The van der Waals surface area contributed by atoms with E-state index in [9.17, 15) is 9.59 Å². The monoisotopic (exact) mass is 377 g/mol. The molecule has 2 aromatic carbocycles. The summed E-state index contributed by atoms with van der Waals surface area (Å²) in [6, 6.07) is 12.4. The molecule has 28 heavy (non-hydrogen) atoms. The van der Waals surface area contributed by atoms with Gasteiger partial charge >= 0.3 is 6.09 Å². The number of allylic oxidation sites excluding steroid dienone is 1. The van der Waals surface area contributed by atoms with Crippen molar-refractivity contribution < 1.29 is 23.8 Å². The Morgan fingerprint density at radius 3 is 2.71 bits per heavy atom. The molecular weight excluding hydrogens is 358 g/mol. The van der Waals surface area contributed by atoms with E-state index in [-0.39, 0.29) is 17.6 Å². The van der Waals surface area contributed by atoms with Crippen LogP contribution in [0.4, 0.5) is 4.79 Å². The molecule has 2 aromatic rings. The Morgan fingerprint density at radius 2 is 1.93 bits per heavy atom. The van der Waals surface area contributed by atoms with E-state index in [1.165, 1.54) is 4.90 Å². The number of hydrogen-bond acceptors (Lipinski definition) is 5. The summed E-state index contributed by atoms with van der Waals surface area (Å²) in [5.74, 6) is 1.49. The smallest absolute Gasteiger partial charge is 0.414 e. The van der Waals surface area contributed by atoms with Gasteiger partial charge in [-0.05, 0) is 42.8 Å². The summed E-state index contributed by atoms with van der Waals surface area (Å²) in [7, 11) is 3.19. The number of fused-ring (bicyclic) bond motifs is 2. The fourth-order valence-corrected chi connectivity index (χ4v) is 3.00. The number of Topliss-reactive ketones (excluding diaryl/α,β-unsaturated/α-hetero) is 1. The second-order valence-electron chi connectivity index (χ2n) is 6.80. The maximum absolute atomic E-state index is 12.7. The Balaban J connectivity index is 1.61. The van der Waals surface area contributed by atoms with Crippen LogP contribution in [0.5, 0.6) is 17.2 Å². The highest BCUT2D eigenvalue weighted by molar-refractivity contribution is 6.12. The second-order valence-corrected chi connectivity index (χ2v) is 6.80. The Kier molecular flexibility index (Phi) is 4.39. The number of nitrogens with zero attached hydrogens (tertiary/aromatic N) is 1. The molecule has 142 valence electrons. The van der Waals surface area contributed by atoms with E-state index >= 15 is 0 Å². The second kappa shape index (κ2) is 6.88. The Hall–Kier alpha value is -3.54. The summed E-state index contributed by atoms with van der Waals surface area (Å²) in [5.41, 5.74) is 2.23. The molecule has 0 bridgehead atoms. The van der Waals surface area contributed by atoms with Gasteiger partial charge in [0, 0.05) is 25.7 Å². The SMILES string of the molecule is C[C@H]1Oc2ccccc2C=C1/C=C1\Oc2cc(OC(=O)N(C)C)ccc2C1=O. The zero-order valence-electron chi connectivity index (χ0n) is 15.8. The van der Waals surface area contributed by atoms with Gasteiger partial charge in [0.25, 0.3) is 0 Å². The van der Waals surface area contributed by atoms with Crippen molar-refractivity contribution in [3.05, 3.63) is 71.0 Å². The van der Waals surface area contributed by atoms with Crippen molar-refractivity contribution in [2.45, 2.75) is 13.0 Å². The third-order valence-electron chi connectivity index (χ3n) is 4.52. The quantitative estimate of drug-likeness (QED) is 0.738. The topological polar surface area (TPSA) is 65.1 Å². The molecule has 4 rings (SSSR count). The Morgan fingerprint density at radius 1 is 1.14 bits per heavy atom. The van der Waals surface area contributed by atoms with Gasteiger partial charge in [0.1, 0.15) is 23.4 Å². The molecule has 0 saturated carbocycles. The van der Waals surface area contributed by atoms with E-state index in [1.807, 2.05) is 37.3 Å². The molecule has 1 amide bonds. The van der Waals surface area contributed by atoms with Crippen LogP contribution in [0.1, 0.15) is 22.8 Å². The minimum absolute atomic E-state index is 0.209. The molecule has 0 aliphatic carbocycles. The van der Waals surface area contributed by atoms with Gasteiger partial charge in [-0.2, -0.15) is 0 Å². The zero-order valence-corrected chi connectivity index (χ0v) is 15.8. The lowest BCUT2D eigenvalue weighted by Crippen LogP contribution is -2.25. The molecule has 6 heteroatoms. The lowest BCUT2D eigenvalue weighted by Gasteiger charge is -2.22. The molecular formula is C22H19NO5. The highest BCUT2D eigenvalue weighted by Crippen LogP contribution is 2.36. The third-order valence-corrected chi connectivity index (χ3v) is 4.52. The van der Waals surface area contributed by atoms with Gasteiger partial charge in [0.2, 0.25) is 5.78 Å². The number of benzene rings is 2. The lowest BCUT2D eigenvalue weighted by atomic mass is 10.0. The summed E-state index contributed by atoms with van der Waals surface area (Å²) in [5, 5.41) is 0. The van der Waals surface area contributed by atoms with Crippen molar-refractivity contribution in [2.75, 3.05) is 14.1 Å². The molecule has 0 saturated heterocycles. The van der Waals surface area contributed by atoms with Crippen LogP contribution in [0.15, 0.2) is 59.9 Å². The van der Waals surface area contributed by atoms with Gasteiger partial charge < -0.3 is 19.1 Å². The van der Waals surface area contributed by atoms with Crippen LogP contribution >= 0.6 is 0 Å². The molecule has 0 spiro atoms. The first-order valence-electron chi connectivity index (χ1n) is 8.87. The number of carbonyl (C=O) groups excluding carboxylic acids is 2. The average Bonchev–Trinajstić information content (AvgIpc) is 2.97. The van der Waals surface area contributed by atoms with Crippen molar-refractivity contribution in [3.8, 4) is 17.2 Å². The third kappa shape index (κ3) is 3.24. The number of ketones is 1. The standard InChI is InChI=1S/C22H19NO5/c1-13-15(10-14-6-4-5-7-18(14)26-13)11-20-21(24)17-9-8-16(12-19(17)28-20)27-22(25)23(2)3/h4-13H,1-3H3/b20-11-/t13-/m1/s1. The summed E-state index contributed by atoms with van der Waals surface area (Å²) >= 11 is 0. The summed E-state index contributed by atoms with van der Waals surface area (Å²) < 4.78 is 16.9. The van der Waals surface area contributed by atoms with Crippen LogP contribution in [-0.4, -0.2) is 37.0 Å². The first kappa shape index (κ1) is 17.9. The number of amides is 1. The van der Waals surface area contributed by atoms with Gasteiger partial charge in [-0.15, -0.1) is 0 Å². The molecule has 0 N–H and O–H groups in total. The predicted molar refractivity (Wildman–Crippen MR) is 104 cm³/mol. The first-order chi connectivity index (χ1) is 13.4. The molecule has 0 fully saturated rings. The molecule has 0 unspecified atom stereocenters. The average molecular weight is 377 g/mol. The predicted octanol–water partition coefficient (Wildman–Crippen LogP) is 4.07. The maximum atomic E-state index is 12.7. The normalized spacial score (nSPS) is 18.5. The van der Waals surface area contributed by atoms with Crippen molar-refractivity contribution in [3.63, 3.8) is 0 Å². The van der Waals surface area contributed by atoms with Crippen molar-refractivity contribution in [1.29, 1.82) is 0 Å². The summed E-state index contributed by atoms with van der Waals surface area (Å²) in [4.78, 5) is 25.7. The summed E-state index contributed by atoms with van der Waals surface area (Å²) in [6.45, 7) is 1.92. The van der Waals surface area contributed by atoms with E-state index in [2.05, 4.69) is 0 Å². The van der Waals surface area contributed by atoms with Gasteiger partial charge in [0.05, 0.1) is 5.56 Å². The van der Waals surface area contributed by atoms with E-state index < -0.39 is 6.09 Å². The lowest BCUT2D eigenvalue weighted by molar-refractivity contribution is 0.101. The molecule has 2 aliphatic rings. The number of carbonyl (C=O) groups is 2. The molecule has 2 heterocycles. The fourth-order valence-electron chi connectivity index (χ4n) is 3.00. The molecule has 1 atom stereocenters. The van der Waals surface area contributed by atoms with Crippen molar-refractivity contribution >= 4 is 18.0 Å². The van der Waals surface area contributed by atoms with Crippen molar-refractivity contribution in [1.82, 2.24) is 4.90 Å². The van der Waals surface area contributed by atoms with Crippen LogP contribution in [0.3, 0.4) is 0 Å². The van der Waals surface area contributed by atoms with Crippen LogP contribution in [0.25, 0.3) is 6.08 Å². The number of para-hydroxylation sites is 1. The molecule has 2 aliphatic heterocycles. The zero-order chi connectivity index (χ0) is 19.8. The van der Waals surface area contributed by atoms with Crippen molar-refractivity contribution in [2.24, 2.45) is 0 Å². The van der Waals surface area contributed by atoms with Gasteiger partial charge in [-0.3, -0.25) is 4.79 Å². The van der Waals surface area contributed by atoms with Crippen LogP contribution < -0.4 is 14.2 Å². The van der Waals surface area contributed by atoms with E-state index in [0.29, 0.717) is 17.1 Å². The highest BCUT2D eigenvalue weighted by atomic mass is 16.6.